The number of hydroxylamine groups is 1. The number of nitrogens with one attached hydrogen (secondary N) is 2. The van der Waals surface area contributed by atoms with Gasteiger partial charge in [0.05, 0.1) is 11.6 Å². The SMILES string of the molecule is NC(=O)c1ccccc1O.O=C(NO)c1ccc(CNC(c2ccccc2)c2ccccc2)cc1. The van der Waals surface area contributed by atoms with Gasteiger partial charge < -0.3 is 16.2 Å². The Morgan fingerprint density at radius 1 is 0.743 bits per heavy atom. The number of rotatable bonds is 7. The molecule has 178 valence electrons. The van der Waals surface area contributed by atoms with Crippen LogP contribution >= 0.6 is 0 Å². The third-order valence-corrected chi connectivity index (χ3v) is 5.26. The van der Waals surface area contributed by atoms with E-state index in [1.807, 2.05) is 48.5 Å². The molecule has 0 aliphatic heterocycles. The highest BCUT2D eigenvalue weighted by Gasteiger charge is 2.13. The summed E-state index contributed by atoms with van der Waals surface area (Å²) in [5.74, 6) is -1.20. The fourth-order valence-electron chi connectivity index (χ4n) is 3.46. The third kappa shape index (κ3) is 7.26. The number of aromatic hydroxyl groups is 1. The van der Waals surface area contributed by atoms with Crippen LogP contribution in [-0.4, -0.2) is 22.1 Å². The molecule has 0 unspecified atom stereocenters. The van der Waals surface area contributed by atoms with Crippen molar-refractivity contribution >= 4 is 11.8 Å². The van der Waals surface area contributed by atoms with Crippen molar-refractivity contribution < 1.29 is 19.9 Å². The Kier molecular flexibility index (Phi) is 9.13. The Morgan fingerprint density at radius 3 is 1.71 bits per heavy atom. The van der Waals surface area contributed by atoms with Crippen molar-refractivity contribution in [2.45, 2.75) is 12.6 Å². The van der Waals surface area contributed by atoms with Crippen molar-refractivity contribution in [3.8, 4) is 5.75 Å². The van der Waals surface area contributed by atoms with Gasteiger partial charge in [0.15, 0.2) is 0 Å². The first-order valence-electron chi connectivity index (χ1n) is 10.9. The number of carbonyl (C=O) groups is 2. The molecule has 0 saturated carbocycles. The van der Waals surface area contributed by atoms with Crippen LogP contribution in [0.5, 0.6) is 5.75 Å². The average molecular weight is 470 g/mol. The lowest BCUT2D eigenvalue weighted by molar-refractivity contribution is 0.0706. The molecular weight excluding hydrogens is 442 g/mol. The minimum Gasteiger partial charge on any atom is -0.507 e. The van der Waals surface area contributed by atoms with Gasteiger partial charge >= 0.3 is 0 Å². The van der Waals surface area contributed by atoms with Crippen LogP contribution in [0.2, 0.25) is 0 Å². The molecular formula is C28H27N3O4. The summed E-state index contributed by atoms with van der Waals surface area (Å²) in [4.78, 5) is 21.9. The Hall–Kier alpha value is -4.46. The van der Waals surface area contributed by atoms with Crippen LogP contribution < -0.4 is 16.5 Å². The molecule has 0 aromatic heterocycles. The second-order valence-corrected chi connectivity index (χ2v) is 7.65. The Labute approximate surface area is 203 Å². The Morgan fingerprint density at radius 2 is 1.26 bits per heavy atom. The largest absolute Gasteiger partial charge is 0.507 e. The molecule has 7 nitrogen and oxygen atoms in total. The van der Waals surface area contributed by atoms with E-state index in [0.29, 0.717) is 12.1 Å². The van der Waals surface area contributed by atoms with Crippen LogP contribution in [0.4, 0.5) is 0 Å². The quantitative estimate of drug-likeness (QED) is 0.205. The summed E-state index contributed by atoms with van der Waals surface area (Å²) < 4.78 is 0. The molecule has 0 spiro atoms. The summed E-state index contributed by atoms with van der Waals surface area (Å²) in [6, 6.07) is 34.0. The van der Waals surface area contributed by atoms with Crippen LogP contribution in [0.1, 0.15) is 43.4 Å². The van der Waals surface area contributed by atoms with E-state index >= 15 is 0 Å². The molecule has 4 aromatic carbocycles. The van der Waals surface area contributed by atoms with Crippen LogP contribution in [0.25, 0.3) is 0 Å². The highest BCUT2D eigenvalue weighted by molar-refractivity contribution is 5.95. The van der Waals surface area contributed by atoms with Crippen molar-refractivity contribution in [1.29, 1.82) is 0 Å². The molecule has 0 heterocycles. The number of para-hydroxylation sites is 1. The molecule has 7 heteroatoms. The van der Waals surface area contributed by atoms with Crippen LogP contribution in [0.15, 0.2) is 109 Å². The number of primary amides is 1. The summed E-state index contributed by atoms with van der Waals surface area (Å²) in [5, 5.41) is 21.2. The maximum Gasteiger partial charge on any atom is 0.274 e. The molecule has 0 atom stereocenters. The zero-order valence-corrected chi connectivity index (χ0v) is 19.0. The van der Waals surface area contributed by atoms with Gasteiger partial charge in [-0.2, -0.15) is 0 Å². The normalized spacial score (nSPS) is 10.2. The molecule has 4 aromatic rings. The van der Waals surface area contributed by atoms with E-state index in [9.17, 15) is 9.59 Å². The predicted octanol–water partition coefficient (Wildman–Crippen LogP) is 4.18. The number of nitrogens with two attached hydrogens (primary N) is 1. The van der Waals surface area contributed by atoms with Gasteiger partial charge in [-0.25, -0.2) is 5.48 Å². The minimum absolute atomic E-state index is 0.0741. The van der Waals surface area contributed by atoms with Crippen molar-refractivity contribution in [2.75, 3.05) is 0 Å². The van der Waals surface area contributed by atoms with E-state index in [-0.39, 0.29) is 17.4 Å². The van der Waals surface area contributed by atoms with Gasteiger partial charge in [0, 0.05) is 12.1 Å². The topological polar surface area (TPSA) is 125 Å². The van der Waals surface area contributed by atoms with Gasteiger partial charge in [0.1, 0.15) is 5.75 Å². The molecule has 35 heavy (non-hydrogen) atoms. The fourth-order valence-corrected chi connectivity index (χ4v) is 3.46. The zero-order valence-electron chi connectivity index (χ0n) is 19.0. The monoisotopic (exact) mass is 469 g/mol. The summed E-state index contributed by atoms with van der Waals surface area (Å²) >= 11 is 0. The standard InChI is InChI=1S/C21H20N2O2.C7H7NO2/c24-21(23-25)19-13-11-16(12-14-19)15-22-20(17-7-3-1-4-8-17)18-9-5-2-6-10-18;8-7(10)5-3-1-2-4-6(5)9/h1-14,20,22,25H,15H2,(H,23,24);1-4,9H,(H2,8,10). The van der Waals surface area contributed by atoms with Gasteiger partial charge in [-0.05, 0) is 41.0 Å². The lowest BCUT2D eigenvalue weighted by atomic mass is 9.98. The number of hydrogen-bond donors (Lipinski definition) is 5. The molecule has 0 fully saturated rings. The average Bonchev–Trinajstić information content (AvgIpc) is 2.90. The van der Waals surface area contributed by atoms with Crippen molar-refractivity contribution in [1.82, 2.24) is 10.8 Å². The van der Waals surface area contributed by atoms with E-state index in [2.05, 4.69) is 29.6 Å². The predicted molar refractivity (Wildman–Crippen MR) is 134 cm³/mol. The maximum absolute atomic E-state index is 11.4. The molecule has 0 aliphatic carbocycles. The highest BCUT2D eigenvalue weighted by atomic mass is 16.5. The van der Waals surface area contributed by atoms with E-state index in [1.165, 1.54) is 23.3 Å². The van der Waals surface area contributed by atoms with Crippen molar-refractivity contribution in [2.24, 2.45) is 5.73 Å². The molecule has 0 aliphatic rings. The number of phenols is 1. The smallest absolute Gasteiger partial charge is 0.274 e. The van der Waals surface area contributed by atoms with Crippen molar-refractivity contribution in [3.05, 3.63) is 137 Å². The van der Waals surface area contributed by atoms with Gasteiger partial charge in [0.25, 0.3) is 11.8 Å². The van der Waals surface area contributed by atoms with Gasteiger partial charge in [-0.3, -0.25) is 14.8 Å². The van der Waals surface area contributed by atoms with Gasteiger partial charge in [-0.1, -0.05) is 84.9 Å². The molecule has 0 radical (unpaired) electrons. The lowest BCUT2D eigenvalue weighted by Crippen LogP contribution is -2.22. The first-order valence-corrected chi connectivity index (χ1v) is 10.9. The Bertz CT molecular complexity index is 1190. The zero-order chi connectivity index (χ0) is 25.0. The fraction of sp³-hybridized carbons (Fsp3) is 0.0714. The second-order valence-electron chi connectivity index (χ2n) is 7.65. The van der Waals surface area contributed by atoms with Gasteiger partial charge in [0.2, 0.25) is 0 Å². The number of carbonyl (C=O) groups excluding carboxylic acids is 2. The summed E-state index contributed by atoms with van der Waals surface area (Å²) in [6.07, 6.45) is 0. The maximum atomic E-state index is 11.4. The lowest BCUT2D eigenvalue weighted by Gasteiger charge is -2.20. The molecule has 6 N–H and O–H groups in total. The Balaban J connectivity index is 0.000000287. The van der Waals surface area contributed by atoms with Gasteiger partial charge in [-0.15, -0.1) is 0 Å². The van der Waals surface area contributed by atoms with Crippen LogP contribution in [-0.2, 0) is 6.54 Å². The molecule has 0 bridgehead atoms. The van der Waals surface area contributed by atoms with E-state index in [4.69, 9.17) is 16.0 Å². The highest BCUT2D eigenvalue weighted by Crippen LogP contribution is 2.22. The van der Waals surface area contributed by atoms with E-state index < -0.39 is 11.8 Å². The summed E-state index contributed by atoms with van der Waals surface area (Å²) in [5.41, 5.74) is 10.6. The van der Waals surface area contributed by atoms with Crippen LogP contribution in [0, 0.1) is 0 Å². The second kappa shape index (κ2) is 12.7. The minimum atomic E-state index is -0.613. The number of benzene rings is 4. The first kappa shape index (κ1) is 25.2. The first-order chi connectivity index (χ1) is 17.0. The summed E-state index contributed by atoms with van der Waals surface area (Å²) in [6.45, 7) is 0.662. The number of amides is 2. The third-order valence-electron chi connectivity index (χ3n) is 5.26. The van der Waals surface area contributed by atoms with E-state index in [0.717, 1.165) is 5.56 Å². The molecule has 4 rings (SSSR count). The van der Waals surface area contributed by atoms with E-state index in [1.54, 1.807) is 29.7 Å². The summed E-state index contributed by atoms with van der Waals surface area (Å²) in [7, 11) is 0. The number of hydrogen-bond acceptors (Lipinski definition) is 5. The molecule has 2 amide bonds. The van der Waals surface area contributed by atoms with Crippen LogP contribution in [0.3, 0.4) is 0 Å². The molecule has 0 saturated heterocycles. The van der Waals surface area contributed by atoms with Crippen molar-refractivity contribution in [3.63, 3.8) is 0 Å².